The lowest BCUT2D eigenvalue weighted by Crippen LogP contribution is -2.36. The lowest BCUT2D eigenvalue weighted by molar-refractivity contribution is -0.119. The Kier molecular flexibility index (Phi) is 7.43. The lowest BCUT2D eigenvalue weighted by atomic mass is 9.95. The number of benzene rings is 1. The molecule has 0 spiro atoms. The van der Waals surface area contributed by atoms with E-state index in [1.165, 1.54) is 0 Å². The van der Waals surface area contributed by atoms with Crippen LogP contribution in [0.5, 0.6) is 0 Å². The van der Waals surface area contributed by atoms with Crippen molar-refractivity contribution in [3.63, 3.8) is 0 Å². The number of nitrogens with one attached hydrogen (secondary N) is 2. The fraction of sp³-hybridized carbons (Fsp3) is 0.480. The number of hydrogen-bond acceptors (Lipinski definition) is 5. The molecular formula is C25H31N5O3. The number of nitrogens with zero attached hydrogens (tertiary/aromatic N) is 3. The van der Waals surface area contributed by atoms with E-state index >= 15 is 0 Å². The first-order valence-corrected chi connectivity index (χ1v) is 11.6. The Bertz CT molecular complexity index is 1030. The fourth-order valence-electron chi connectivity index (χ4n) is 4.75. The molecule has 4 rings (SSSR count). The van der Waals surface area contributed by atoms with Crippen LogP contribution in [0, 0.1) is 11.3 Å². The highest BCUT2D eigenvalue weighted by Crippen LogP contribution is 2.34. The molecule has 0 bridgehead atoms. The van der Waals surface area contributed by atoms with Gasteiger partial charge in [-0.25, -0.2) is 0 Å². The number of likely N-dealkylation sites (N-methyl/N-ethyl adjacent to an activating group) is 1. The SMILES string of the molecule is CN(CC(=O)Nc1ccccc1)CC(=O)Nc1c(C#N)c2c(n1CC1CCCO1)CCCC2. The van der Waals surface area contributed by atoms with Gasteiger partial charge in [0.2, 0.25) is 11.8 Å². The maximum Gasteiger partial charge on any atom is 0.239 e. The van der Waals surface area contributed by atoms with E-state index in [0.717, 1.165) is 62.1 Å². The van der Waals surface area contributed by atoms with Gasteiger partial charge in [-0.15, -0.1) is 0 Å². The highest BCUT2D eigenvalue weighted by atomic mass is 16.5. The number of aromatic nitrogens is 1. The molecular weight excluding hydrogens is 418 g/mol. The number of carbonyl (C=O) groups excluding carboxylic acids is 2. The summed E-state index contributed by atoms with van der Waals surface area (Å²) in [7, 11) is 1.73. The summed E-state index contributed by atoms with van der Waals surface area (Å²) in [5.41, 5.74) is 3.50. The maximum atomic E-state index is 12.9. The van der Waals surface area contributed by atoms with Crippen LogP contribution in [-0.4, -0.2) is 54.1 Å². The Hall–Kier alpha value is -3.15. The number of nitriles is 1. The summed E-state index contributed by atoms with van der Waals surface area (Å²) in [4.78, 5) is 26.9. The Morgan fingerprint density at radius 3 is 2.55 bits per heavy atom. The Labute approximate surface area is 194 Å². The first kappa shape index (κ1) is 23.0. The molecule has 1 aliphatic heterocycles. The van der Waals surface area contributed by atoms with Crippen LogP contribution in [0.15, 0.2) is 30.3 Å². The van der Waals surface area contributed by atoms with Crippen LogP contribution in [0.25, 0.3) is 0 Å². The molecule has 2 aromatic rings. The molecule has 174 valence electrons. The molecule has 1 aromatic heterocycles. The summed E-state index contributed by atoms with van der Waals surface area (Å²) in [6.07, 6.45) is 6.04. The summed E-state index contributed by atoms with van der Waals surface area (Å²) in [5, 5.41) is 15.7. The largest absolute Gasteiger partial charge is 0.376 e. The van der Waals surface area contributed by atoms with Crippen LogP contribution in [0.3, 0.4) is 0 Å². The molecule has 2 amide bonds. The second kappa shape index (κ2) is 10.6. The molecule has 1 unspecified atom stereocenters. The highest BCUT2D eigenvalue weighted by molar-refractivity contribution is 5.95. The van der Waals surface area contributed by atoms with Crippen molar-refractivity contribution in [2.24, 2.45) is 0 Å². The minimum absolute atomic E-state index is 0.0445. The lowest BCUT2D eigenvalue weighted by Gasteiger charge is -2.20. The topological polar surface area (TPSA) is 99.4 Å². The molecule has 0 saturated carbocycles. The minimum atomic E-state index is -0.245. The van der Waals surface area contributed by atoms with E-state index in [9.17, 15) is 14.9 Å². The average molecular weight is 450 g/mol. The van der Waals surface area contributed by atoms with E-state index in [4.69, 9.17) is 4.74 Å². The molecule has 8 heteroatoms. The van der Waals surface area contributed by atoms with Gasteiger partial charge in [0.1, 0.15) is 11.9 Å². The number of hydrogen-bond donors (Lipinski definition) is 2. The number of ether oxygens (including phenoxy) is 1. The molecule has 1 aromatic carbocycles. The van der Waals surface area contributed by atoms with E-state index in [1.807, 2.05) is 30.3 Å². The zero-order valence-corrected chi connectivity index (χ0v) is 19.1. The van der Waals surface area contributed by atoms with Crippen molar-refractivity contribution >= 4 is 23.3 Å². The van der Waals surface area contributed by atoms with Gasteiger partial charge in [-0.1, -0.05) is 18.2 Å². The van der Waals surface area contributed by atoms with E-state index < -0.39 is 0 Å². The predicted octanol–water partition coefficient (Wildman–Crippen LogP) is 2.93. The van der Waals surface area contributed by atoms with Crippen LogP contribution in [0.1, 0.15) is 42.5 Å². The summed E-state index contributed by atoms with van der Waals surface area (Å²) < 4.78 is 7.94. The van der Waals surface area contributed by atoms with Crippen molar-refractivity contribution in [2.75, 3.05) is 37.4 Å². The number of anilines is 2. The van der Waals surface area contributed by atoms with Gasteiger partial charge in [0, 0.05) is 18.0 Å². The molecule has 33 heavy (non-hydrogen) atoms. The van der Waals surface area contributed by atoms with E-state index in [1.54, 1.807) is 11.9 Å². The van der Waals surface area contributed by atoms with Crippen molar-refractivity contribution in [1.82, 2.24) is 9.47 Å². The standard InChI is InChI=1S/C25H31N5O3/c1-29(16-23(31)27-18-8-3-2-4-9-18)17-24(32)28-25-21(14-26)20-11-5-6-12-22(20)30(25)15-19-10-7-13-33-19/h2-4,8-9,19H,5-7,10-13,15-17H2,1H3,(H,27,31)(H,28,32). The Morgan fingerprint density at radius 2 is 1.85 bits per heavy atom. The third-order valence-corrected chi connectivity index (χ3v) is 6.24. The average Bonchev–Trinajstić information content (AvgIpc) is 3.41. The fourth-order valence-corrected chi connectivity index (χ4v) is 4.75. The van der Waals surface area contributed by atoms with Gasteiger partial charge < -0.3 is 19.9 Å². The summed E-state index contributed by atoms with van der Waals surface area (Å²) in [6.45, 7) is 1.54. The van der Waals surface area contributed by atoms with Crippen molar-refractivity contribution < 1.29 is 14.3 Å². The van der Waals surface area contributed by atoms with Crippen molar-refractivity contribution in [1.29, 1.82) is 5.26 Å². The molecule has 1 saturated heterocycles. The van der Waals surface area contributed by atoms with Crippen LogP contribution in [0.4, 0.5) is 11.5 Å². The van der Waals surface area contributed by atoms with Crippen LogP contribution in [0.2, 0.25) is 0 Å². The molecule has 2 heterocycles. The van der Waals surface area contributed by atoms with Crippen LogP contribution >= 0.6 is 0 Å². The third kappa shape index (κ3) is 5.62. The molecule has 1 fully saturated rings. The monoisotopic (exact) mass is 449 g/mol. The molecule has 2 aliphatic rings. The van der Waals surface area contributed by atoms with E-state index in [-0.39, 0.29) is 31.0 Å². The summed E-state index contributed by atoms with van der Waals surface area (Å²) in [6, 6.07) is 11.6. The second-order valence-corrected chi connectivity index (χ2v) is 8.85. The molecule has 8 nitrogen and oxygen atoms in total. The normalized spacial score (nSPS) is 17.4. The molecule has 2 N–H and O–H groups in total. The number of amides is 2. The smallest absolute Gasteiger partial charge is 0.239 e. The number of rotatable bonds is 8. The molecule has 0 radical (unpaired) electrons. The van der Waals surface area contributed by atoms with Gasteiger partial charge in [-0.3, -0.25) is 14.5 Å². The zero-order chi connectivity index (χ0) is 23.2. The first-order valence-electron chi connectivity index (χ1n) is 11.6. The quantitative estimate of drug-likeness (QED) is 0.646. The number of carbonyl (C=O) groups is 2. The molecule has 1 atom stereocenters. The number of para-hydroxylation sites is 1. The van der Waals surface area contributed by atoms with Crippen molar-refractivity contribution in [3.05, 3.63) is 47.2 Å². The molecule has 1 aliphatic carbocycles. The van der Waals surface area contributed by atoms with Gasteiger partial charge in [-0.05, 0) is 63.3 Å². The minimum Gasteiger partial charge on any atom is -0.376 e. The van der Waals surface area contributed by atoms with Gasteiger partial charge in [0.15, 0.2) is 0 Å². The summed E-state index contributed by atoms with van der Waals surface area (Å²) >= 11 is 0. The highest BCUT2D eigenvalue weighted by Gasteiger charge is 2.28. The van der Waals surface area contributed by atoms with Gasteiger partial charge in [0.25, 0.3) is 0 Å². The van der Waals surface area contributed by atoms with E-state index in [0.29, 0.717) is 17.9 Å². The van der Waals surface area contributed by atoms with Crippen molar-refractivity contribution in [3.8, 4) is 6.07 Å². The maximum absolute atomic E-state index is 12.9. The van der Waals surface area contributed by atoms with Gasteiger partial charge in [0.05, 0.1) is 31.3 Å². The Morgan fingerprint density at radius 1 is 1.12 bits per heavy atom. The summed E-state index contributed by atoms with van der Waals surface area (Å²) in [5.74, 6) is 0.142. The zero-order valence-electron chi connectivity index (χ0n) is 19.1. The first-order chi connectivity index (χ1) is 16.0. The Balaban J connectivity index is 1.43. The van der Waals surface area contributed by atoms with Crippen LogP contribution in [-0.2, 0) is 33.7 Å². The van der Waals surface area contributed by atoms with Crippen molar-refractivity contribution in [2.45, 2.75) is 51.2 Å². The predicted molar refractivity (Wildman–Crippen MR) is 126 cm³/mol. The third-order valence-electron chi connectivity index (χ3n) is 6.24. The second-order valence-electron chi connectivity index (χ2n) is 8.85. The van der Waals surface area contributed by atoms with Gasteiger partial charge >= 0.3 is 0 Å². The number of fused-ring (bicyclic) bond motifs is 1. The van der Waals surface area contributed by atoms with Gasteiger partial charge in [-0.2, -0.15) is 5.26 Å². The van der Waals surface area contributed by atoms with E-state index in [2.05, 4.69) is 21.3 Å². The van der Waals surface area contributed by atoms with Crippen LogP contribution < -0.4 is 10.6 Å².